The summed E-state index contributed by atoms with van der Waals surface area (Å²) in [6, 6.07) is 20.4. The van der Waals surface area contributed by atoms with Crippen molar-refractivity contribution in [2.45, 2.75) is 25.4 Å². The van der Waals surface area contributed by atoms with E-state index in [1.165, 1.54) is 5.56 Å². The van der Waals surface area contributed by atoms with Crippen molar-refractivity contribution in [3.05, 3.63) is 71.8 Å². The van der Waals surface area contributed by atoms with Crippen molar-refractivity contribution >= 4 is 5.97 Å². The molecule has 2 aromatic carbocycles. The second-order valence-electron chi connectivity index (χ2n) is 6.73. The Kier molecular flexibility index (Phi) is 5.21. The summed E-state index contributed by atoms with van der Waals surface area (Å²) in [5.41, 5.74) is 8.29. The summed E-state index contributed by atoms with van der Waals surface area (Å²) < 4.78 is 5.33. The van der Waals surface area contributed by atoms with Crippen LogP contribution in [0.25, 0.3) is 0 Å². The van der Waals surface area contributed by atoms with E-state index in [1.807, 2.05) is 55.5 Å². The second-order valence-corrected chi connectivity index (χ2v) is 6.73. The van der Waals surface area contributed by atoms with Gasteiger partial charge >= 0.3 is 5.97 Å². The number of carbonyl (C=O) groups excluding carboxylic acids is 1. The van der Waals surface area contributed by atoms with Gasteiger partial charge < -0.3 is 10.5 Å². The lowest BCUT2D eigenvalue weighted by molar-refractivity contribution is -0.149. The number of nitrogens with two attached hydrogens (primary N) is 1. The van der Waals surface area contributed by atoms with Gasteiger partial charge in [-0.1, -0.05) is 60.7 Å². The van der Waals surface area contributed by atoms with Crippen LogP contribution in [0.4, 0.5) is 0 Å². The molecule has 4 heteroatoms. The molecule has 1 heterocycles. The van der Waals surface area contributed by atoms with Crippen LogP contribution in [0.1, 0.15) is 31.0 Å². The van der Waals surface area contributed by atoms with Gasteiger partial charge in [0.05, 0.1) is 18.1 Å². The van der Waals surface area contributed by atoms with Crippen LogP contribution in [-0.2, 0) is 15.1 Å². The van der Waals surface area contributed by atoms with Gasteiger partial charge in [-0.2, -0.15) is 0 Å². The number of hydrogen-bond donors (Lipinski definition) is 1. The molecule has 0 spiro atoms. The van der Waals surface area contributed by atoms with Gasteiger partial charge in [0, 0.05) is 19.1 Å². The van der Waals surface area contributed by atoms with E-state index in [9.17, 15) is 4.79 Å². The maximum Gasteiger partial charge on any atom is 0.312 e. The van der Waals surface area contributed by atoms with E-state index in [1.54, 1.807) is 0 Å². The first-order valence-corrected chi connectivity index (χ1v) is 8.86. The van der Waals surface area contributed by atoms with E-state index < -0.39 is 5.54 Å². The summed E-state index contributed by atoms with van der Waals surface area (Å²) in [5, 5.41) is 0. The van der Waals surface area contributed by atoms with Crippen molar-refractivity contribution in [2.75, 3.05) is 19.7 Å². The standard InChI is InChI=1S/C21H26N2O2/c1-3-25-20(24)19-14-23(16(2)17-10-6-4-7-11-17)15-21(19,22)18-12-8-5-9-13-18/h4-13,16,19H,3,14-15,22H2,1-2H3/t16-,19?,21?/m1/s1. The van der Waals surface area contributed by atoms with Crippen LogP contribution in [0.5, 0.6) is 0 Å². The molecule has 0 aromatic heterocycles. The molecule has 2 aromatic rings. The van der Waals surface area contributed by atoms with Gasteiger partial charge in [0.2, 0.25) is 0 Å². The highest BCUT2D eigenvalue weighted by molar-refractivity contribution is 5.75. The minimum atomic E-state index is -0.740. The molecule has 0 saturated carbocycles. The molecular formula is C21H26N2O2. The zero-order valence-corrected chi connectivity index (χ0v) is 14.9. The monoisotopic (exact) mass is 338 g/mol. The first-order chi connectivity index (χ1) is 12.1. The maximum absolute atomic E-state index is 12.6. The lowest BCUT2D eigenvalue weighted by Crippen LogP contribution is -2.48. The lowest BCUT2D eigenvalue weighted by Gasteiger charge is -2.30. The van der Waals surface area contributed by atoms with Crippen molar-refractivity contribution in [1.82, 2.24) is 4.90 Å². The Morgan fingerprint density at radius 3 is 2.40 bits per heavy atom. The number of nitrogens with zero attached hydrogens (tertiary/aromatic N) is 1. The van der Waals surface area contributed by atoms with E-state index in [4.69, 9.17) is 10.5 Å². The maximum atomic E-state index is 12.6. The molecule has 0 radical (unpaired) electrons. The Bertz CT molecular complexity index is 704. The Hall–Kier alpha value is -2.17. The number of esters is 1. The number of carbonyl (C=O) groups is 1. The van der Waals surface area contributed by atoms with Crippen molar-refractivity contribution in [3.63, 3.8) is 0 Å². The van der Waals surface area contributed by atoms with E-state index in [0.717, 1.165) is 5.56 Å². The molecule has 0 amide bonds. The molecule has 1 saturated heterocycles. The molecule has 25 heavy (non-hydrogen) atoms. The average Bonchev–Trinajstić information content (AvgIpc) is 3.02. The third-order valence-electron chi connectivity index (χ3n) is 5.22. The predicted octanol–water partition coefficient (Wildman–Crippen LogP) is 3.10. The van der Waals surface area contributed by atoms with Crippen LogP contribution in [0, 0.1) is 5.92 Å². The van der Waals surface area contributed by atoms with Gasteiger partial charge in [-0.3, -0.25) is 9.69 Å². The number of rotatable bonds is 5. The highest BCUT2D eigenvalue weighted by Gasteiger charge is 2.50. The van der Waals surface area contributed by atoms with Crippen molar-refractivity contribution < 1.29 is 9.53 Å². The zero-order chi connectivity index (χ0) is 17.9. The number of ether oxygens (including phenoxy) is 1. The SMILES string of the molecule is CCOC(=O)C1CN([C@H](C)c2ccccc2)CC1(N)c1ccccc1. The lowest BCUT2D eigenvalue weighted by atomic mass is 9.81. The smallest absolute Gasteiger partial charge is 0.312 e. The van der Waals surface area contributed by atoms with Crippen LogP contribution in [-0.4, -0.2) is 30.6 Å². The van der Waals surface area contributed by atoms with E-state index in [2.05, 4.69) is 24.0 Å². The van der Waals surface area contributed by atoms with Gasteiger partial charge in [0.25, 0.3) is 0 Å². The van der Waals surface area contributed by atoms with Crippen LogP contribution < -0.4 is 5.73 Å². The molecule has 3 rings (SSSR count). The fraction of sp³-hybridized carbons (Fsp3) is 0.381. The van der Waals surface area contributed by atoms with E-state index >= 15 is 0 Å². The van der Waals surface area contributed by atoms with Crippen LogP contribution in [0.3, 0.4) is 0 Å². The summed E-state index contributed by atoms with van der Waals surface area (Å²) in [6.45, 7) is 5.58. The normalized spacial score (nSPS) is 24.8. The van der Waals surface area contributed by atoms with Crippen LogP contribution >= 0.6 is 0 Å². The Morgan fingerprint density at radius 1 is 1.20 bits per heavy atom. The predicted molar refractivity (Wildman–Crippen MR) is 98.9 cm³/mol. The fourth-order valence-electron chi connectivity index (χ4n) is 3.71. The molecule has 4 nitrogen and oxygen atoms in total. The minimum absolute atomic E-state index is 0.187. The Labute approximate surface area is 149 Å². The molecule has 0 aliphatic carbocycles. The second kappa shape index (κ2) is 7.38. The topological polar surface area (TPSA) is 55.6 Å². The van der Waals surface area contributed by atoms with Gasteiger partial charge in [0.15, 0.2) is 0 Å². The Morgan fingerprint density at radius 2 is 1.80 bits per heavy atom. The highest BCUT2D eigenvalue weighted by atomic mass is 16.5. The summed E-state index contributed by atoms with van der Waals surface area (Å²) in [5.74, 6) is -0.586. The van der Waals surface area contributed by atoms with Crippen molar-refractivity contribution in [3.8, 4) is 0 Å². The summed E-state index contributed by atoms with van der Waals surface area (Å²) >= 11 is 0. The first kappa shape index (κ1) is 17.6. The molecule has 1 fully saturated rings. The number of benzene rings is 2. The molecule has 1 aliphatic heterocycles. The zero-order valence-electron chi connectivity index (χ0n) is 14.9. The largest absolute Gasteiger partial charge is 0.466 e. The number of likely N-dealkylation sites (tertiary alicyclic amines) is 1. The Balaban J connectivity index is 1.91. The van der Waals surface area contributed by atoms with Gasteiger partial charge in [-0.05, 0) is 25.0 Å². The molecule has 1 aliphatic rings. The molecular weight excluding hydrogens is 312 g/mol. The third kappa shape index (κ3) is 3.46. The van der Waals surface area contributed by atoms with Crippen molar-refractivity contribution in [1.29, 1.82) is 0 Å². The molecule has 132 valence electrons. The molecule has 2 unspecified atom stereocenters. The van der Waals surface area contributed by atoms with Crippen LogP contribution in [0.2, 0.25) is 0 Å². The molecule has 0 bridgehead atoms. The summed E-state index contributed by atoms with van der Waals surface area (Å²) in [7, 11) is 0. The number of hydrogen-bond acceptors (Lipinski definition) is 4. The first-order valence-electron chi connectivity index (χ1n) is 8.86. The third-order valence-corrected chi connectivity index (χ3v) is 5.22. The molecule has 3 atom stereocenters. The summed E-state index contributed by atoms with van der Waals surface area (Å²) in [6.07, 6.45) is 0. The molecule has 2 N–H and O–H groups in total. The van der Waals surface area contributed by atoms with Gasteiger partial charge in [-0.15, -0.1) is 0 Å². The van der Waals surface area contributed by atoms with E-state index in [-0.39, 0.29) is 17.9 Å². The highest BCUT2D eigenvalue weighted by Crippen LogP contribution is 2.39. The average molecular weight is 338 g/mol. The quantitative estimate of drug-likeness (QED) is 0.851. The van der Waals surface area contributed by atoms with Crippen molar-refractivity contribution in [2.24, 2.45) is 11.7 Å². The van der Waals surface area contributed by atoms with Gasteiger partial charge in [-0.25, -0.2) is 0 Å². The van der Waals surface area contributed by atoms with Crippen LogP contribution in [0.15, 0.2) is 60.7 Å². The van der Waals surface area contributed by atoms with Gasteiger partial charge in [0.1, 0.15) is 0 Å². The summed E-state index contributed by atoms with van der Waals surface area (Å²) in [4.78, 5) is 14.9. The van der Waals surface area contributed by atoms with E-state index in [0.29, 0.717) is 19.7 Å². The minimum Gasteiger partial charge on any atom is -0.466 e. The fourth-order valence-corrected chi connectivity index (χ4v) is 3.71.